The number of nitrogen functional groups attached to an aromatic ring is 1. The predicted octanol–water partition coefficient (Wildman–Crippen LogP) is -1.28. The van der Waals surface area contributed by atoms with E-state index >= 15 is 0 Å². The first kappa shape index (κ1) is 15.6. The molecule has 10 heteroatoms. The molecule has 2 atom stereocenters. The second-order valence-corrected chi connectivity index (χ2v) is 4.85. The number of carbonyl (C=O) groups is 2. The van der Waals surface area contributed by atoms with E-state index < -0.39 is 24.0 Å². The lowest BCUT2D eigenvalue weighted by Gasteiger charge is -2.16. The number of nitrogens with two attached hydrogens (primary N) is 2. The molecule has 10 nitrogen and oxygen atoms in total. The van der Waals surface area contributed by atoms with Crippen molar-refractivity contribution in [2.75, 3.05) is 5.73 Å². The number of amides is 1. The molecule has 2 heterocycles. The molecule has 2 rings (SSSR count). The lowest BCUT2D eigenvalue weighted by Crippen LogP contribution is -2.47. The molecular formula is C12H17N7O3. The van der Waals surface area contributed by atoms with Gasteiger partial charge in [0.15, 0.2) is 11.5 Å². The van der Waals surface area contributed by atoms with Gasteiger partial charge in [-0.15, -0.1) is 0 Å². The van der Waals surface area contributed by atoms with E-state index in [0.717, 1.165) is 0 Å². The molecule has 0 aliphatic heterocycles. The fourth-order valence-corrected chi connectivity index (χ4v) is 1.89. The normalized spacial score (nSPS) is 13.7. The van der Waals surface area contributed by atoms with E-state index in [0.29, 0.717) is 17.7 Å². The molecule has 0 aliphatic carbocycles. The number of carboxylic acids is 1. The Morgan fingerprint density at radius 3 is 2.77 bits per heavy atom. The zero-order valence-electron chi connectivity index (χ0n) is 11.9. The van der Waals surface area contributed by atoms with E-state index in [1.165, 1.54) is 19.6 Å². The largest absolute Gasteiger partial charge is 0.480 e. The van der Waals surface area contributed by atoms with Gasteiger partial charge in [0.05, 0.1) is 12.4 Å². The standard InChI is InChI=1S/C12H17N7O3/c1-6(13)11(20)18-7(12(21)22)2-3-19-5-17-8-9(14)15-4-16-10(8)19/h4-7H,2-3,13H2,1H3,(H,18,20)(H,21,22)(H2,14,15,16)/t6-,7+/m1/s1. The summed E-state index contributed by atoms with van der Waals surface area (Å²) in [6, 6.07) is -1.82. The molecule has 22 heavy (non-hydrogen) atoms. The van der Waals surface area contributed by atoms with Crippen molar-refractivity contribution in [2.45, 2.75) is 32.0 Å². The third-order valence-electron chi connectivity index (χ3n) is 3.12. The summed E-state index contributed by atoms with van der Waals surface area (Å²) in [5, 5.41) is 11.5. The summed E-state index contributed by atoms with van der Waals surface area (Å²) in [5.41, 5.74) is 12.1. The van der Waals surface area contributed by atoms with Gasteiger partial charge >= 0.3 is 5.97 Å². The predicted molar refractivity (Wildman–Crippen MR) is 77.6 cm³/mol. The molecular weight excluding hydrogens is 290 g/mol. The van der Waals surface area contributed by atoms with Gasteiger partial charge in [0.25, 0.3) is 0 Å². The fraction of sp³-hybridized carbons (Fsp3) is 0.417. The number of aryl methyl sites for hydroxylation is 1. The SMILES string of the molecule is C[C@@H](N)C(=O)N[C@@H](CCn1cnc2c(N)ncnc21)C(=O)O. The number of imidazole rings is 1. The maximum absolute atomic E-state index is 11.5. The summed E-state index contributed by atoms with van der Waals surface area (Å²) >= 11 is 0. The van der Waals surface area contributed by atoms with E-state index in [2.05, 4.69) is 20.3 Å². The van der Waals surface area contributed by atoms with E-state index in [4.69, 9.17) is 16.6 Å². The number of aromatic nitrogens is 4. The summed E-state index contributed by atoms with van der Waals surface area (Å²) in [4.78, 5) is 34.7. The molecule has 0 bridgehead atoms. The van der Waals surface area contributed by atoms with Gasteiger partial charge in [-0.25, -0.2) is 19.7 Å². The van der Waals surface area contributed by atoms with Crippen LogP contribution in [-0.4, -0.2) is 48.6 Å². The van der Waals surface area contributed by atoms with Crippen LogP contribution in [0.4, 0.5) is 5.82 Å². The molecule has 6 N–H and O–H groups in total. The van der Waals surface area contributed by atoms with Crippen LogP contribution in [0.2, 0.25) is 0 Å². The summed E-state index contributed by atoms with van der Waals surface area (Å²) in [6.07, 6.45) is 2.97. The number of carboxylic acid groups (broad SMARTS) is 1. The molecule has 118 valence electrons. The van der Waals surface area contributed by atoms with E-state index in [1.807, 2.05) is 0 Å². The first-order valence-corrected chi connectivity index (χ1v) is 6.60. The average Bonchev–Trinajstić information content (AvgIpc) is 2.87. The zero-order chi connectivity index (χ0) is 16.3. The van der Waals surface area contributed by atoms with Gasteiger partial charge < -0.3 is 26.5 Å². The summed E-state index contributed by atoms with van der Waals surface area (Å²) in [5.74, 6) is -1.40. The van der Waals surface area contributed by atoms with Crippen LogP contribution in [0.25, 0.3) is 11.2 Å². The molecule has 2 aromatic rings. The third-order valence-corrected chi connectivity index (χ3v) is 3.12. The maximum atomic E-state index is 11.5. The van der Waals surface area contributed by atoms with Crippen molar-refractivity contribution >= 4 is 28.9 Å². The molecule has 0 spiro atoms. The Morgan fingerprint density at radius 1 is 1.41 bits per heavy atom. The lowest BCUT2D eigenvalue weighted by atomic mass is 10.2. The van der Waals surface area contributed by atoms with Crippen molar-refractivity contribution in [3.05, 3.63) is 12.7 Å². The lowest BCUT2D eigenvalue weighted by molar-refractivity contribution is -0.142. The number of nitrogens with one attached hydrogen (secondary N) is 1. The fourth-order valence-electron chi connectivity index (χ4n) is 1.89. The highest BCUT2D eigenvalue weighted by atomic mass is 16.4. The highest BCUT2D eigenvalue weighted by Gasteiger charge is 2.21. The molecule has 2 aromatic heterocycles. The topological polar surface area (TPSA) is 162 Å². The van der Waals surface area contributed by atoms with Gasteiger partial charge in [-0.1, -0.05) is 0 Å². The Kier molecular flexibility index (Phi) is 4.51. The minimum atomic E-state index is -1.13. The summed E-state index contributed by atoms with van der Waals surface area (Å²) in [6.45, 7) is 1.78. The van der Waals surface area contributed by atoms with Crippen LogP contribution in [0.3, 0.4) is 0 Å². The summed E-state index contributed by atoms with van der Waals surface area (Å²) < 4.78 is 1.65. The van der Waals surface area contributed by atoms with Gasteiger partial charge in [0.2, 0.25) is 5.91 Å². The number of aliphatic carboxylic acids is 1. The smallest absolute Gasteiger partial charge is 0.326 e. The van der Waals surface area contributed by atoms with Crippen molar-refractivity contribution in [3.8, 4) is 0 Å². The Morgan fingerprint density at radius 2 is 2.14 bits per heavy atom. The van der Waals surface area contributed by atoms with Crippen molar-refractivity contribution in [1.29, 1.82) is 0 Å². The first-order valence-electron chi connectivity index (χ1n) is 6.60. The molecule has 1 amide bonds. The third kappa shape index (κ3) is 3.28. The van der Waals surface area contributed by atoms with Gasteiger partial charge in [-0.3, -0.25) is 4.79 Å². The molecule has 0 saturated heterocycles. The highest BCUT2D eigenvalue weighted by Crippen LogP contribution is 2.14. The van der Waals surface area contributed by atoms with Gasteiger partial charge in [-0.05, 0) is 13.3 Å². The van der Waals surface area contributed by atoms with Gasteiger partial charge in [-0.2, -0.15) is 0 Å². The van der Waals surface area contributed by atoms with Gasteiger partial charge in [0, 0.05) is 6.54 Å². The van der Waals surface area contributed by atoms with E-state index in [-0.39, 0.29) is 12.2 Å². The number of fused-ring (bicyclic) bond motifs is 1. The van der Waals surface area contributed by atoms with E-state index in [1.54, 1.807) is 4.57 Å². The van der Waals surface area contributed by atoms with Crippen molar-refractivity contribution in [2.24, 2.45) is 5.73 Å². The Hall–Kier alpha value is -2.75. The van der Waals surface area contributed by atoms with Crippen molar-refractivity contribution < 1.29 is 14.7 Å². The number of hydrogen-bond donors (Lipinski definition) is 4. The minimum absolute atomic E-state index is 0.156. The number of carbonyl (C=O) groups excluding carboxylic acids is 1. The molecule has 0 aromatic carbocycles. The van der Waals surface area contributed by atoms with Crippen LogP contribution in [0.15, 0.2) is 12.7 Å². The van der Waals surface area contributed by atoms with Crippen molar-refractivity contribution in [1.82, 2.24) is 24.8 Å². The molecule has 0 unspecified atom stereocenters. The van der Waals surface area contributed by atoms with Crippen LogP contribution >= 0.6 is 0 Å². The quantitative estimate of drug-likeness (QED) is 0.512. The monoisotopic (exact) mass is 307 g/mol. The minimum Gasteiger partial charge on any atom is -0.480 e. The zero-order valence-corrected chi connectivity index (χ0v) is 11.9. The Bertz CT molecular complexity index is 697. The molecule has 0 fully saturated rings. The Labute approximate surface area is 125 Å². The number of anilines is 1. The summed E-state index contributed by atoms with van der Waals surface area (Å²) in [7, 11) is 0. The van der Waals surface area contributed by atoms with Crippen LogP contribution in [0, 0.1) is 0 Å². The van der Waals surface area contributed by atoms with Crippen LogP contribution < -0.4 is 16.8 Å². The first-order chi connectivity index (χ1) is 10.4. The highest BCUT2D eigenvalue weighted by molar-refractivity contribution is 5.86. The molecule has 0 radical (unpaired) electrons. The van der Waals surface area contributed by atoms with E-state index in [9.17, 15) is 9.59 Å². The number of nitrogens with zero attached hydrogens (tertiary/aromatic N) is 4. The van der Waals surface area contributed by atoms with Crippen molar-refractivity contribution in [3.63, 3.8) is 0 Å². The maximum Gasteiger partial charge on any atom is 0.326 e. The average molecular weight is 307 g/mol. The van der Waals surface area contributed by atoms with Crippen LogP contribution in [0.5, 0.6) is 0 Å². The van der Waals surface area contributed by atoms with Crippen LogP contribution in [-0.2, 0) is 16.1 Å². The Balaban J connectivity index is 2.10. The van der Waals surface area contributed by atoms with Gasteiger partial charge in [0.1, 0.15) is 17.9 Å². The second-order valence-electron chi connectivity index (χ2n) is 4.85. The molecule has 0 aliphatic rings. The molecule has 0 saturated carbocycles. The second kappa shape index (κ2) is 6.35. The number of hydrogen-bond acceptors (Lipinski definition) is 7. The van der Waals surface area contributed by atoms with Crippen LogP contribution in [0.1, 0.15) is 13.3 Å². The number of rotatable bonds is 6.